The van der Waals surface area contributed by atoms with Gasteiger partial charge in [0.15, 0.2) is 6.61 Å². The molecule has 1 aliphatic rings. The van der Waals surface area contributed by atoms with Crippen LogP contribution < -0.4 is 15.4 Å². The van der Waals surface area contributed by atoms with Gasteiger partial charge in [-0.05, 0) is 18.6 Å². The number of carbonyl (C=O) groups is 1. The molecule has 1 aromatic rings. The number of carbonyl (C=O) groups excluding carboxylic acids is 1. The highest BCUT2D eigenvalue weighted by atomic mass is 16.5. The minimum atomic E-state index is -0.257. The maximum atomic E-state index is 11.1. The number of nitrogens with one attached hydrogen (secondary N) is 2. The third-order valence-corrected chi connectivity index (χ3v) is 4.04. The maximum absolute atomic E-state index is 11.1. The van der Waals surface area contributed by atoms with Crippen molar-refractivity contribution in [3.05, 3.63) is 24.3 Å². The van der Waals surface area contributed by atoms with Gasteiger partial charge in [0.05, 0.1) is 6.10 Å². The van der Waals surface area contributed by atoms with Crippen LogP contribution in [-0.2, 0) is 4.79 Å². The van der Waals surface area contributed by atoms with E-state index in [4.69, 9.17) is 4.74 Å². The Balaban J connectivity index is 1.95. The lowest BCUT2D eigenvalue weighted by atomic mass is 9.64. The predicted octanol–water partition coefficient (Wildman–Crippen LogP) is 1.38. The van der Waals surface area contributed by atoms with E-state index < -0.39 is 0 Å². The van der Waals surface area contributed by atoms with E-state index >= 15 is 0 Å². The lowest BCUT2D eigenvalue weighted by molar-refractivity contribution is -0.122. The first-order valence-electron chi connectivity index (χ1n) is 6.81. The van der Waals surface area contributed by atoms with E-state index in [2.05, 4.69) is 10.6 Å². The molecule has 0 bridgehead atoms. The van der Waals surface area contributed by atoms with Gasteiger partial charge in [-0.15, -0.1) is 0 Å². The van der Waals surface area contributed by atoms with Crippen LogP contribution in [0.25, 0.3) is 0 Å². The van der Waals surface area contributed by atoms with Crippen LogP contribution in [0.3, 0.4) is 0 Å². The quantitative estimate of drug-likeness (QED) is 0.761. The summed E-state index contributed by atoms with van der Waals surface area (Å²) < 4.78 is 5.40. The number of hydrogen-bond acceptors (Lipinski definition) is 4. The molecule has 0 radical (unpaired) electrons. The Bertz CT molecular complexity index is 488. The Morgan fingerprint density at radius 1 is 1.50 bits per heavy atom. The first-order valence-corrected chi connectivity index (χ1v) is 6.81. The fraction of sp³-hybridized carbons (Fsp3) is 0.533. The molecule has 5 heteroatoms. The van der Waals surface area contributed by atoms with E-state index in [1.165, 1.54) is 0 Å². The molecule has 2 atom stereocenters. The number of hydrogen-bond donors (Lipinski definition) is 3. The number of amides is 1. The number of anilines is 1. The van der Waals surface area contributed by atoms with Crippen molar-refractivity contribution in [1.29, 1.82) is 0 Å². The van der Waals surface area contributed by atoms with E-state index in [9.17, 15) is 9.90 Å². The highest BCUT2D eigenvalue weighted by Gasteiger charge is 2.47. The number of rotatable bonds is 5. The molecule has 20 heavy (non-hydrogen) atoms. The largest absolute Gasteiger partial charge is 0.484 e. The van der Waals surface area contributed by atoms with Gasteiger partial charge in [-0.3, -0.25) is 4.79 Å². The summed E-state index contributed by atoms with van der Waals surface area (Å²) in [5.41, 5.74) is 0.809. The molecule has 0 spiro atoms. The van der Waals surface area contributed by atoms with Gasteiger partial charge in [0.2, 0.25) is 0 Å². The third kappa shape index (κ3) is 3.04. The predicted molar refractivity (Wildman–Crippen MR) is 77.8 cm³/mol. The van der Waals surface area contributed by atoms with Gasteiger partial charge in [0.25, 0.3) is 5.91 Å². The fourth-order valence-corrected chi connectivity index (χ4v) is 2.25. The minimum absolute atomic E-state index is 0.00753. The van der Waals surface area contributed by atoms with Crippen LogP contribution in [0.1, 0.15) is 20.3 Å². The zero-order valence-electron chi connectivity index (χ0n) is 12.1. The Kier molecular flexibility index (Phi) is 4.18. The molecular weight excluding hydrogens is 256 g/mol. The molecule has 0 heterocycles. The summed E-state index contributed by atoms with van der Waals surface area (Å²) in [6.45, 7) is 4.10. The average molecular weight is 278 g/mol. The molecule has 1 saturated carbocycles. The Morgan fingerprint density at radius 2 is 2.25 bits per heavy atom. The van der Waals surface area contributed by atoms with Crippen LogP contribution in [0, 0.1) is 5.41 Å². The molecule has 1 aromatic carbocycles. The summed E-state index contributed by atoms with van der Waals surface area (Å²) in [7, 11) is 1.58. The number of aliphatic hydroxyl groups is 1. The van der Waals surface area contributed by atoms with Crippen molar-refractivity contribution >= 4 is 11.6 Å². The van der Waals surface area contributed by atoms with Crippen molar-refractivity contribution in [3.63, 3.8) is 0 Å². The minimum Gasteiger partial charge on any atom is -0.484 e. The summed E-state index contributed by atoms with van der Waals surface area (Å²) >= 11 is 0. The lowest BCUT2D eigenvalue weighted by Crippen LogP contribution is -2.56. The van der Waals surface area contributed by atoms with Crippen LogP contribution in [-0.4, -0.2) is 36.8 Å². The molecule has 0 saturated heterocycles. The second-order valence-electron chi connectivity index (χ2n) is 5.76. The highest BCUT2D eigenvalue weighted by Crippen LogP contribution is 2.42. The summed E-state index contributed by atoms with van der Waals surface area (Å²) in [5.74, 6) is 0.489. The van der Waals surface area contributed by atoms with Crippen molar-refractivity contribution in [2.45, 2.75) is 32.4 Å². The topological polar surface area (TPSA) is 70.6 Å². The second kappa shape index (κ2) is 5.71. The molecule has 1 amide bonds. The van der Waals surface area contributed by atoms with Gasteiger partial charge in [0.1, 0.15) is 5.75 Å². The lowest BCUT2D eigenvalue weighted by Gasteiger charge is -2.49. The van der Waals surface area contributed by atoms with Gasteiger partial charge in [-0.25, -0.2) is 0 Å². The molecule has 1 fully saturated rings. The van der Waals surface area contributed by atoms with Crippen LogP contribution in [0.4, 0.5) is 5.69 Å². The zero-order valence-corrected chi connectivity index (χ0v) is 12.1. The van der Waals surface area contributed by atoms with E-state index in [1.54, 1.807) is 7.05 Å². The first kappa shape index (κ1) is 14.7. The normalized spacial score (nSPS) is 23.6. The van der Waals surface area contributed by atoms with Crippen LogP contribution in [0.2, 0.25) is 0 Å². The Hall–Kier alpha value is -1.75. The molecule has 3 N–H and O–H groups in total. The second-order valence-corrected chi connectivity index (χ2v) is 5.76. The monoisotopic (exact) mass is 278 g/mol. The van der Waals surface area contributed by atoms with Crippen molar-refractivity contribution in [3.8, 4) is 5.75 Å². The smallest absolute Gasteiger partial charge is 0.257 e. The summed E-state index contributed by atoms with van der Waals surface area (Å²) in [6, 6.07) is 7.75. The van der Waals surface area contributed by atoms with Crippen LogP contribution in [0.5, 0.6) is 5.75 Å². The summed E-state index contributed by atoms with van der Waals surface area (Å²) in [6.07, 6.45) is 0.490. The van der Waals surface area contributed by atoms with E-state index in [1.807, 2.05) is 38.1 Å². The van der Waals surface area contributed by atoms with Gasteiger partial charge in [0, 0.05) is 30.3 Å². The van der Waals surface area contributed by atoms with E-state index in [0.29, 0.717) is 5.75 Å². The van der Waals surface area contributed by atoms with Gasteiger partial charge < -0.3 is 20.5 Å². The molecule has 2 rings (SSSR count). The zero-order chi connectivity index (χ0) is 14.8. The van der Waals surface area contributed by atoms with Crippen LogP contribution in [0.15, 0.2) is 24.3 Å². The van der Waals surface area contributed by atoms with Crippen molar-refractivity contribution in [1.82, 2.24) is 5.32 Å². The summed E-state index contributed by atoms with van der Waals surface area (Å²) in [5, 5.41) is 15.7. The number of aliphatic hydroxyl groups excluding tert-OH is 1. The number of benzene rings is 1. The molecular formula is C15H22N2O3. The molecule has 1 aliphatic carbocycles. The van der Waals surface area contributed by atoms with E-state index in [0.717, 1.165) is 12.1 Å². The van der Waals surface area contributed by atoms with Crippen molar-refractivity contribution in [2.75, 3.05) is 19.0 Å². The first-order chi connectivity index (χ1) is 9.43. The van der Waals surface area contributed by atoms with Gasteiger partial charge in [-0.2, -0.15) is 0 Å². The van der Waals surface area contributed by atoms with Gasteiger partial charge in [-0.1, -0.05) is 19.9 Å². The van der Waals surface area contributed by atoms with Crippen molar-refractivity contribution in [2.24, 2.45) is 5.41 Å². The van der Waals surface area contributed by atoms with Crippen molar-refractivity contribution < 1.29 is 14.6 Å². The Morgan fingerprint density at radius 3 is 2.85 bits per heavy atom. The SMILES string of the molecule is CNC(=O)COc1cccc(NC2CC(O)C2(C)C)c1. The molecule has 2 unspecified atom stereocenters. The maximum Gasteiger partial charge on any atom is 0.257 e. The summed E-state index contributed by atoms with van der Waals surface area (Å²) in [4.78, 5) is 11.1. The average Bonchev–Trinajstić information content (AvgIpc) is 2.45. The van der Waals surface area contributed by atoms with E-state index in [-0.39, 0.29) is 30.1 Å². The highest BCUT2D eigenvalue weighted by molar-refractivity contribution is 5.77. The van der Waals surface area contributed by atoms with Gasteiger partial charge >= 0.3 is 0 Å². The number of likely N-dealkylation sites (N-methyl/N-ethyl adjacent to an activating group) is 1. The Labute approximate surface area is 119 Å². The molecule has 0 aromatic heterocycles. The number of ether oxygens (including phenoxy) is 1. The van der Waals surface area contributed by atoms with Crippen LogP contribution >= 0.6 is 0 Å². The third-order valence-electron chi connectivity index (χ3n) is 4.04. The fourth-order valence-electron chi connectivity index (χ4n) is 2.25. The molecule has 0 aliphatic heterocycles. The molecule has 5 nitrogen and oxygen atoms in total. The molecule has 110 valence electrons. The standard InChI is InChI=1S/C15H22N2O3/c1-15(2)12(8-13(15)18)17-10-5-4-6-11(7-10)20-9-14(19)16-3/h4-7,12-13,17-18H,8-9H2,1-3H3,(H,16,19).